The molecule has 0 saturated heterocycles. The fourth-order valence-electron chi connectivity index (χ4n) is 5.58. The van der Waals surface area contributed by atoms with Gasteiger partial charge in [-0.1, -0.05) is 63.9 Å². The van der Waals surface area contributed by atoms with Crippen LogP contribution >= 0.6 is 0 Å². The monoisotopic (exact) mass is 407 g/mol. The molecule has 1 heteroatoms. The average molecular weight is 408 g/mol. The maximum atomic E-state index is 5.23. The van der Waals surface area contributed by atoms with Crippen LogP contribution in [0.2, 0.25) is 0 Å². The van der Waals surface area contributed by atoms with Crippen LogP contribution in [-0.2, 0) is 5.41 Å². The third-order valence-corrected chi connectivity index (χ3v) is 7.04. The number of pyridine rings is 1. The molecule has 0 radical (unpaired) electrons. The second-order valence-electron chi connectivity index (χ2n) is 10.5. The molecule has 4 aromatic rings. The van der Waals surface area contributed by atoms with Crippen LogP contribution in [0.1, 0.15) is 74.6 Å². The van der Waals surface area contributed by atoms with Crippen LogP contribution in [0.4, 0.5) is 0 Å². The topological polar surface area (TPSA) is 12.9 Å². The highest BCUT2D eigenvalue weighted by atomic mass is 14.7. The van der Waals surface area contributed by atoms with Gasteiger partial charge >= 0.3 is 0 Å². The number of benzene rings is 3. The molecule has 1 heterocycles. The summed E-state index contributed by atoms with van der Waals surface area (Å²) in [5.41, 5.74) is 9.16. The minimum Gasteiger partial charge on any atom is -0.248 e. The van der Waals surface area contributed by atoms with Crippen molar-refractivity contribution in [1.29, 1.82) is 0 Å². The Balaban J connectivity index is 1.80. The Morgan fingerprint density at radius 3 is 2.35 bits per heavy atom. The molecule has 1 aliphatic rings. The van der Waals surface area contributed by atoms with E-state index in [2.05, 4.69) is 89.2 Å². The first-order valence-electron chi connectivity index (χ1n) is 11.8. The van der Waals surface area contributed by atoms with Crippen molar-refractivity contribution >= 4 is 21.7 Å². The summed E-state index contributed by atoms with van der Waals surface area (Å²) in [6, 6.07) is 20.5. The summed E-state index contributed by atoms with van der Waals surface area (Å²) >= 11 is 0. The summed E-state index contributed by atoms with van der Waals surface area (Å²) in [5.74, 6) is 0.660. The Morgan fingerprint density at radius 1 is 0.871 bits per heavy atom. The van der Waals surface area contributed by atoms with Crippen molar-refractivity contribution in [3.8, 4) is 11.3 Å². The Hall–Kier alpha value is -2.67. The van der Waals surface area contributed by atoms with Gasteiger partial charge in [0.15, 0.2) is 0 Å². The molecule has 0 amide bonds. The zero-order valence-corrected chi connectivity index (χ0v) is 19.5. The number of nitrogens with zero attached hydrogens (tertiary/aromatic N) is 1. The molecule has 1 aliphatic carbocycles. The lowest BCUT2D eigenvalue weighted by Gasteiger charge is -2.23. The van der Waals surface area contributed by atoms with Crippen molar-refractivity contribution in [2.24, 2.45) is 0 Å². The van der Waals surface area contributed by atoms with Gasteiger partial charge in [0.2, 0.25) is 0 Å². The second-order valence-corrected chi connectivity index (χ2v) is 10.5. The second kappa shape index (κ2) is 7.48. The molecule has 0 unspecified atom stereocenters. The summed E-state index contributed by atoms with van der Waals surface area (Å²) in [5, 5.41) is 4.04. The fraction of sp³-hybridized carbons (Fsp3) is 0.367. The van der Waals surface area contributed by atoms with Crippen molar-refractivity contribution in [1.82, 2.24) is 4.98 Å². The Bertz CT molecular complexity index is 1280. The van der Waals surface area contributed by atoms with E-state index < -0.39 is 0 Å². The fourth-order valence-corrected chi connectivity index (χ4v) is 5.58. The van der Waals surface area contributed by atoms with E-state index in [1.165, 1.54) is 69.7 Å². The number of aromatic nitrogens is 1. The lowest BCUT2D eigenvalue weighted by Crippen LogP contribution is -2.12. The van der Waals surface area contributed by atoms with Gasteiger partial charge in [0.05, 0.1) is 11.2 Å². The zero-order chi connectivity index (χ0) is 21.8. The smallest absolute Gasteiger partial charge is 0.0717 e. The number of fused-ring (bicyclic) bond motifs is 2. The normalized spacial score (nSPS) is 15.3. The summed E-state index contributed by atoms with van der Waals surface area (Å²) in [4.78, 5) is 5.23. The first kappa shape index (κ1) is 20.2. The van der Waals surface area contributed by atoms with Crippen LogP contribution in [-0.4, -0.2) is 4.98 Å². The molecule has 0 N–H and O–H groups in total. The molecule has 1 nitrogen and oxygen atoms in total. The highest BCUT2D eigenvalue weighted by molar-refractivity contribution is 5.93. The van der Waals surface area contributed by atoms with Gasteiger partial charge in [0.25, 0.3) is 0 Å². The molecule has 3 aromatic carbocycles. The maximum Gasteiger partial charge on any atom is 0.0717 e. The number of rotatable bonds is 2. The molecule has 1 aromatic heterocycles. The van der Waals surface area contributed by atoms with Gasteiger partial charge in [-0.15, -0.1) is 0 Å². The average Bonchev–Trinajstić information content (AvgIpc) is 3.26. The minimum absolute atomic E-state index is 0.0773. The van der Waals surface area contributed by atoms with Gasteiger partial charge in [-0.25, -0.2) is 4.98 Å². The zero-order valence-electron chi connectivity index (χ0n) is 19.5. The van der Waals surface area contributed by atoms with Gasteiger partial charge in [0.1, 0.15) is 0 Å². The molecule has 0 bridgehead atoms. The van der Waals surface area contributed by atoms with Crippen LogP contribution in [0.25, 0.3) is 32.9 Å². The van der Waals surface area contributed by atoms with Gasteiger partial charge in [-0.2, -0.15) is 0 Å². The SMILES string of the molecule is Cc1cc(C)c2c(C3CCCC3)cc(-c3cc(C(C)(C)C)c4ccccc4c3)nc2c1. The van der Waals surface area contributed by atoms with E-state index in [4.69, 9.17) is 4.98 Å². The quantitative estimate of drug-likeness (QED) is 0.324. The van der Waals surface area contributed by atoms with E-state index >= 15 is 0 Å². The van der Waals surface area contributed by atoms with Crippen LogP contribution in [0, 0.1) is 13.8 Å². The molecular weight excluding hydrogens is 374 g/mol. The third kappa shape index (κ3) is 3.65. The van der Waals surface area contributed by atoms with Gasteiger partial charge in [-0.3, -0.25) is 0 Å². The van der Waals surface area contributed by atoms with Crippen LogP contribution < -0.4 is 0 Å². The molecule has 0 spiro atoms. The molecule has 31 heavy (non-hydrogen) atoms. The number of aryl methyl sites for hydroxylation is 2. The van der Waals surface area contributed by atoms with Crippen molar-refractivity contribution in [2.75, 3.05) is 0 Å². The largest absolute Gasteiger partial charge is 0.248 e. The summed E-state index contributed by atoms with van der Waals surface area (Å²) in [7, 11) is 0. The van der Waals surface area contributed by atoms with Crippen molar-refractivity contribution in [2.45, 2.75) is 71.6 Å². The predicted octanol–water partition coefficient (Wildman–Crippen LogP) is 8.63. The maximum absolute atomic E-state index is 5.23. The first-order chi connectivity index (χ1) is 14.8. The van der Waals surface area contributed by atoms with Crippen molar-refractivity contribution in [3.63, 3.8) is 0 Å². The van der Waals surface area contributed by atoms with Gasteiger partial charge < -0.3 is 0 Å². The Morgan fingerprint density at radius 2 is 1.61 bits per heavy atom. The molecule has 1 fully saturated rings. The molecule has 158 valence electrons. The van der Waals surface area contributed by atoms with E-state index in [1.54, 1.807) is 0 Å². The third-order valence-electron chi connectivity index (χ3n) is 7.04. The summed E-state index contributed by atoms with van der Waals surface area (Å²) in [6.07, 6.45) is 5.30. The van der Waals surface area contributed by atoms with E-state index in [0.717, 1.165) is 11.2 Å². The Kier molecular flexibility index (Phi) is 4.88. The van der Waals surface area contributed by atoms with E-state index in [9.17, 15) is 0 Å². The van der Waals surface area contributed by atoms with Crippen LogP contribution in [0.3, 0.4) is 0 Å². The Labute approximate surface area is 186 Å². The van der Waals surface area contributed by atoms with E-state index in [-0.39, 0.29) is 5.41 Å². The minimum atomic E-state index is 0.0773. The van der Waals surface area contributed by atoms with Gasteiger partial charge in [-0.05, 0) is 95.3 Å². The van der Waals surface area contributed by atoms with Crippen LogP contribution in [0.5, 0.6) is 0 Å². The molecule has 0 atom stereocenters. The van der Waals surface area contributed by atoms with Crippen molar-refractivity contribution in [3.05, 3.63) is 76.9 Å². The lowest BCUT2D eigenvalue weighted by atomic mass is 9.82. The summed E-state index contributed by atoms with van der Waals surface area (Å²) < 4.78 is 0. The standard InChI is InChI=1S/C30H33N/c1-19-14-20(2)29-25(21-10-6-7-11-21)18-27(31-28(29)15-19)23-16-22-12-8-9-13-24(22)26(17-23)30(3,4)5/h8-9,12-18,21H,6-7,10-11H2,1-5H3. The van der Waals surface area contributed by atoms with Gasteiger partial charge in [0, 0.05) is 10.9 Å². The molecule has 0 aliphatic heterocycles. The molecule has 1 saturated carbocycles. The van der Waals surface area contributed by atoms with E-state index in [1.807, 2.05) is 0 Å². The highest BCUT2D eigenvalue weighted by Gasteiger charge is 2.23. The molecule has 5 rings (SSSR count). The lowest BCUT2D eigenvalue weighted by molar-refractivity contribution is 0.596. The number of hydrogen-bond donors (Lipinski definition) is 0. The van der Waals surface area contributed by atoms with Crippen LogP contribution in [0.15, 0.2) is 54.6 Å². The first-order valence-corrected chi connectivity index (χ1v) is 11.8. The number of hydrogen-bond acceptors (Lipinski definition) is 1. The predicted molar refractivity (Wildman–Crippen MR) is 134 cm³/mol. The van der Waals surface area contributed by atoms with E-state index in [0.29, 0.717) is 5.92 Å². The molecular formula is C30H33N. The highest BCUT2D eigenvalue weighted by Crippen LogP contribution is 2.41. The summed E-state index contributed by atoms with van der Waals surface area (Å²) in [6.45, 7) is 11.4. The van der Waals surface area contributed by atoms with Crippen molar-refractivity contribution < 1.29 is 0 Å².